The quantitative estimate of drug-likeness (QED) is 0.140. The van der Waals surface area contributed by atoms with Crippen LogP contribution in [0.25, 0.3) is 0 Å². The second kappa shape index (κ2) is 11.0. The molecule has 0 bridgehead atoms. The van der Waals surface area contributed by atoms with E-state index >= 15 is 0 Å². The van der Waals surface area contributed by atoms with E-state index in [1.807, 2.05) is 6.07 Å². The number of β-lactam (4-membered cyclic amide) rings is 1. The minimum atomic E-state index is -1.64. The van der Waals surface area contributed by atoms with Gasteiger partial charge in [0.25, 0.3) is 11.6 Å². The molecule has 0 saturated carbocycles. The number of carboxylic acid groups (broad SMARTS) is 1. The monoisotopic (exact) mass is 494 g/mol. The zero-order chi connectivity index (χ0) is 21.9. The molecule has 16 heteroatoms. The number of nitriles is 1. The molecular formula is C15H17N7NaO5S3. The molecule has 161 valence electrons. The van der Waals surface area contributed by atoms with Crippen molar-refractivity contribution >= 4 is 82.6 Å². The average molecular weight is 495 g/mol. The standard InChI is InChI=1S/C15H17N7O5S3.Na/c1-21-14(18-19-20-21)30-6-8-5-29-13-15(27-2,17-9(23)7-28-4-3-16)12(26)22(13)10(8)11(24)25;/h13H,4-7H2,1-2H3,(H,17,23)(H,24,25);/t13-,15+;/m1./s1. The number of carbonyl (C=O) groups is 3. The van der Waals surface area contributed by atoms with Crippen molar-refractivity contribution in [3.05, 3.63) is 11.3 Å². The number of hydrogen-bond donors (Lipinski definition) is 2. The van der Waals surface area contributed by atoms with Crippen LogP contribution in [0.2, 0.25) is 0 Å². The molecule has 1 radical (unpaired) electrons. The van der Waals surface area contributed by atoms with Crippen LogP contribution >= 0.6 is 35.3 Å². The number of ether oxygens (including phenoxy) is 1. The Labute approximate surface area is 212 Å². The van der Waals surface area contributed by atoms with Crippen molar-refractivity contribution in [1.29, 1.82) is 5.26 Å². The van der Waals surface area contributed by atoms with Crippen LogP contribution < -0.4 is 5.32 Å². The van der Waals surface area contributed by atoms with Gasteiger partial charge in [0.1, 0.15) is 11.1 Å². The molecule has 1 aromatic heterocycles. The number of tetrazole rings is 1. The molecule has 2 aliphatic heterocycles. The summed E-state index contributed by atoms with van der Waals surface area (Å²) in [6.07, 6.45) is 0. The third kappa shape index (κ3) is 5.05. The minimum Gasteiger partial charge on any atom is -0.477 e. The van der Waals surface area contributed by atoms with Gasteiger partial charge in [0, 0.05) is 55.2 Å². The summed E-state index contributed by atoms with van der Waals surface area (Å²) in [5.41, 5.74) is -1.21. The SMILES string of the molecule is CO[C@@]1(NC(=O)CSCC#N)C(=O)N2C(C(=O)O)=C(CSc3nnnn3C)CS[C@@H]21.[Na]. The number of aromatic nitrogens is 4. The van der Waals surface area contributed by atoms with Crippen LogP contribution in [-0.4, -0.2) is 119 Å². The normalized spacial score (nSPS) is 22.2. The van der Waals surface area contributed by atoms with Crippen molar-refractivity contribution in [2.75, 3.05) is 30.1 Å². The van der Waals surface area contributed by atoms with Crippen LogP contribution in [0.15, 0.2) is 16.4 Å². The van der Waals surface area contributed by atoms with Gasteiger partial charge in [-0.1, -0.05) is 11.8 Å². The summed E-state index contributed by atoms with van der Waals surface area (Å²) >= 11 is 3.67. The molecule has 1 aromatic rings. The molecule has 2 N–H and O–H groups in total. The van der Waals surface area contributed by atoms with Crippen LogP contribution in [0.4, 0.5) is 0 Å². The first-order chi connectivity index (χ1) is 14.4. The molecule has 2 atom stereocenters. The molecule has 1 fully saturated rings. The Hall–Kier alpha value is -1.28. The second-order valence-corrected chi connectivity index (χ2v) is 9.11. The topological polar surface area (TPSA) is 163 Å². The number of methoxy groups -OCH3 is 1. The predicted molar refractivity (Wildman–Crippen MR) is 114 cm³/mol. The van der Waals surface area contributed by atoms with E-state index in [1.54, 1.807) is 7.05 Å². The Kier molecular flexibility index (Phi) is 9.25. The molecule has 0 unspecified atom stereocenters. The molecule has 2 amide bonds. The van der Waals surface area contributed by atoms with E-state index < -0.39 is 28.9 Å². The molecule has 1 saturated heterocycles. The van der Waals surface area contributed by atoms with Crippen molar-refractivity contribution in [3.63, 3.8) is 0 Å². The van der Waals surface area contributed by atoms with E-state index in [0.717, 1.165) is 16.7 Å². The number of aryl methyl sites for hydroxylation is 1. The number of thioether (sulfide) groups is 3. The Balaban J connectivity index is 0.00000341. The molecule has 12 nitrogen and oxygen atoms in total. The number of amides is 2. The minimum absolute atomic E-state index is 0. The van der Waals surface area contributed by atoms with Gasteiger partial charge in [-0.15, -0.1) is 28.6 Å². The first kappa shape index (κ1) is 26.0. The Morgan fingerprint density at radius 1 is 1.52 bits per heavy atom. The van der Waals surface area contributed by atoms with Gasteiger partial charge in [-0.3, -0.25) is 14.5 Å². The van der Waals surface area contributed by atoms with Crippen LogP contribution in [-0.2, 0) is 26.2 Å². The van der Waals surface area contributed by atoms with E-state index in [-0.39, 0.29) is 52.5 Å². The van der Waals surface area contributed by atoms with Gasteiger partial charge < -0.3 is 15.2 Å². The van der Waals surface area contributed by atoms with Crippen LogP contribution in [0.1, 0.15) is 0 Å². The zero-order valence-corrected chi connectivity index (χ0v) is 21.3. The van der Waals surface area contributed by atoms with Gasteiger partial charge in [-0.25, -0.2) is 9.48 Å². The second-order valence-electron chi connectivity index (χ2n) is 6.11. The van der Waals surface area contributed by atoms with Crippen LogP contribution in [0, 0.1) is 11.3 Å². The maximum atomic E-state index is 12.9. The molecule has 2 aliphatic rings. The van der Waals surface area contributed by atoms with Gasteiger partial charge in [0.15, 0.2) is 0 Å². The maximum absolute atomic E-state index is 12.9. The van der Waals surface area contributed by atoms with Gasteiger partial charge in [-0.05, 0) is 16.0 Å². The van der Waals surface area contributed by atoms with Crippen molar-refractivity contribution in [2.45, 2.75) is 16.3 Å². The van der Waals surface area contributed by atoms with Gasteiger partial charge in [0.05, 0.1) is 17.6 Å². The Morgan fingerprint density at radius 3 is 2.84 bits per heavy atom. The summed E-state index contributed by atoms with van der Waals surface area (Å²) < 4.78 is 6.83. The summed E-state index contributed by atoms with van der Waals surface area (Å²) in [5, 5.41) is 31.8. The number of fused-ring (bicyclic) bond motifs is 1. The molecule has 3 heterocycles. The molecular weight excluding hydrogens is 477 g/mol. The van der Waals surface area contributed by atoms with Crippen molar-refractivity contribution in [2.24, 2.45) is 7.05 Å². The van der Waals surface area contributed by atoms with Crippen LogP contribution in [0.3, 0.4) is 0 Å². The Morgan fingerprint density at radius 2 is 2.26 bits per heavy atom. The fourth-order valence-corrected chi connectivity index (χ4v) is 5.86. The van der Waals surface area contributed by atoms with Gasteiger partial charge in [0.2, 0.25) is 11.1 Å². The fourth-order valence-electron chi connectivity index (χ4n) is 2.98. The summed E-state index contributed by atoms with van der Waals surface area (Å²) in [6, 6.07) is 1.92. The zero-order valence-electron chi connectivity index (χ0n) is 16.9. The largest absolute Gasteiger partial charge is 0.477 e. The predicted octanol–water partition coefficient (Wildman–Crippen LogP) is -1.11. The van der Waals surface area contributed by atoms with E-state index in [1.165, 1.54) is 35.3 Å². The number of aliphatic carboxylic acids is 1. The van der Waals surface area contributed by atoms with E-state index in [2.05, 4.69) is 20.8 Å². The summed E-state index contributed by atoms with van der Waals surface area (Å²) in [5.74, 6) is -1.61. The number of hydrogen-bond acceptors (Lipinski definition) is 11. The molecule has 0 spiro atoms. The van der Waals surface area contributed by atoms with Crippen LogP contribution in [0.5, 0.6) is 0 Å². The smallest absolute Gasteiger partial charge is 0.352 e. The third-order valence-electron chi connectivity index (χ3n) is 4.32. The van der Waals surface area contributed by atoms with Gasteiger partial charge >= 0.3 is 5.97 Å². The number of nitrogens with zero attached hydrogens (tertiary/aromatic N) is 6. The average Bonchev–Trinajstić information content (AvgIpc) is 3.14. The van der Waals surface area contributed by atoms with Crippen molar-refractivity contribution in [1.82, 2.24) is 30.4 Å². The first-order valence-electron chi connectivity index (χ1n) is 8.42. The number of nitrogens with one attached hydrogen (secondary N) is 1. The molecule has 0 aliphatic carbocycles. The van der Waals surface area contributed by atoms with Crippen molar-refractivity contribution < 1.29 is 24.2 Å². The van der Waals surface area contributed by atoms with E-state index in [0.29, 0.717) is 16.5 Å². The maximum Gasteiger partial charge on any atom is 0.352 e. The molecule has 0 aromatic carbocycles. The first-order valence-corrected chi connectivity index (χ1v) is 11.6. The van der Waals surface area contributed by atoms with Gasteiger partial charge in [-0.2, -0.15) is 5.26 Å². The third-order valence-corrected chi connectivity index (χ3v) is 7.59. The van der Waals surface area contributed by atoms with Crippen molar-refractivity contribution in [3.8, 4) is 6.07 Å². The molecule has 31 heavy (non-hydrogen) atoms. The summed E-state index contributed by atoms with van der Waals surface area (Å²) in [6.45, 7) is 0. The number of rotatable bonds is 9. The van der Waals surface area contributed by atoms with E-state index in [4.69, 9.17) is 10.00 Å². The summed E-state index contributed by atoms with van der Waals surface area (Å²) in [7, 11) is 2.96. The fraction of sp³-hybridized carbons (Fsp3) is 0.533. The number of carbonyl (C=O) groups excluding carboxylic acids is 2. The van der Waals surface area contributed by atoms with E-state index in [9.17, 15) is 19.5 Å². The number of carboxylic acids is 1. The molecule has 3 rings (SSSR count). The summed E-state index contributed by atoms with van der Waals surface area (Å²) in [4.78, 5) is 38.2. The Bertz CT molecular complexity index is 952.